The lowest BCUT2D eigenvalue weighted by molar-refractivity contribution is -0.117. The van der Waals surface area contributed by atoms with Crippen molar-refractivity contribution in [3.63, 3.8) is 0 Å². The molecule has 9 nitrogen and oxygen atoms in total. The molecule has 4 heterocycles. The van der Waals surface area contributed by atoms with E-state index in [9.17, 15) is 9.18 Å². The average Bonchev–Trinajstić information content (AvgIpc) is 3.38. The number of rotatable bonds is 6. The van der Waals surface area contributed by atoms with Crippen LogP contribution in [0.5, 0.6) is 0 Å². The first kappa shape index (κ1) is 21.0. The number of nitrogens with zero attached hydrogens (tertiary/aromatic N) is 5. The molecule has 2 fully saturated rings. The highest BCUT2D eigenvalue weighted by atomic mass is 19.1. The fourth-order valence-corrected chi connectivity index (χ4v) is 4.89. The summed E-state index contributed by atoms with van der Waals surface area (Å²) in [5.74, 6) is 1.96. The minimum atomic E-state index is -0.579. The summed E-state index contributed by atoms with van der Waals surface area (Å²) in [6, 6.07) is 4.41. The molecule has 10 heteroatoms. The number of anilines is 4. The van der Waals surface area contributed by atoms with Gasteiger partial charge in [0.2, 0.25) is 17.8 Å². The van der Waals surface area contributed by atoms with Gasteiger partial charge in [-0.25, -0.2) is 9.97 Å². The number of halogens is 1. The Bertz CT molecular complexity index is 1210. The molecular formula is C24H27FN8O. The molecule has 0 aromatic carbocycles. The number of hydrogen-bond donors (Lipinski definition) is 3. The van der Waals surface area contributed by atoms with E-state index in [1.807, 2.05) is 4.90 Å². The largest absolute Gasteiger partial charge is 0.329 e. The SMILES string of the molecule is O=C(Nc1ccc(F)nc1)[C@H]1CCCN1c1nc2c(c(Nc3cc(C4CC4)[nH]n3)n1)CCCC2. The number of carbonyl (C=O) groups excluding carboxylic acids is 1. The zero-order valence-electron chi connectivity index (χ0n) is 18.9. The molecule has 176 valence electrons. The first-order valence-corrected chi connectivity index (χ1v) is 12.1. The van der Waals surface area contributed by atoms with E-state index in [0.29, 0.717) is 30.5 Å². The maximum Gasteiger partial charge on any atom is 0.247 e. The van der Waals surface area contributed by atoms with Gasteiger partial charge in [-0.15, -0.1) is 0 Å². The van der Waals surface area contributed by atoms with Crippen molar-refractivity contribution in [3.05, 3.63) is 47.3 Å². The van der Waals surface area contributed by atoms with Gasteiger partial charge in [0, 0.05) is 29.8 Å². The predicted molar refractivity (Wildman–Crippen MR) is 126 cm³/mol. The van der Waals surface area contributed by atoms with Crippen LogP contribution in [0.1, 0.15) is 61.4 Å². The third-order valence-corrected chi connectivity index (χ3v) is 6.84. The molecular weight excluding hydrogens is 435 g/mol. The Kier molecular flexibility index (Phi) is 5.35. The maximum absolute atomic E-state index is 13.1. The summed E-state index contributed by atoms with van der Waals surface area (Å²) in [7, 11) is 0. The quantitative estimate of drug-likeness (QED) is 0.477. The summed E-state index contributed by atoms with van der Waals surface area (Å²) in [5, 5.41) is 13.9. The normalized spacial score (nSPS) is 19.7. The van der Waals surface area contributed by atoms with Gasteiger partial charge in [-0.1, -0.05) is 0 Å². The molecule has 1 saturated heterocycles. The summed E-state index contributed by atoms with van der Waals surface area (Å²) in [6.45, 7) is 0.701. The van der Waals surface area contributed by atoms with E-state index in [0.717, 1.165) is 60.7 Å². The molecule has 2 aliphatic carbocycles. The van der Waals surface area contributed by atoms with Crippen molar-refractivity contribution in [1.29, 1.82) is 0 Å². The standard InChI is InChI=1S/C24H27FN8O/c25-20-10-9-15(13-26-20)27-23(34)19-6-3-11-33(19)24-28-17-5-2-1-4-16(17)22(30-24)29-21-12-18(31-32-21)14-7-8-14/h9-10,12-14,19H,1-8,11H2,(H,27,34)(H2,28,29,30,31,32)/t19-/m1/s1. The van der Waals surface area contributed by atoms with Crippen molar-refractivity contribution in [2.75, 3.05) is 22.1 Å². The Labute approximate surface area is 196 Å². The highest BCUT2D eigenvalue weighted by Crippen LogP contribution is 2.40. The van der Waals surface area contributed by atoms with E-state index < -0.39 is 12.0 Å². The first-order valence-electron chi connectivity index (χ1n) is 12.1. The Hall–Kier alpha value is -3.56. The second-order valence-electron chi connectivity index (χ2n) is 9.32. The molecule has 0 spiro atoms. The number of aryl methyl sites for hydroxylation is 1. The molecule has 0 bridgehead atoms. The van der Waals surface area contributed by atoms with Gasteiger partial charge < -0.3 is 15.5 Å². The third-order valence-electron chi connectivity index (χ3n) is 6.84. The zero-order valence-corrected chi connectivity index (χ0v) is 18.9. The molecule has 3 aromatic rings. The van der Waals surface area contributed by atoms with Crippen LogP contribution in [0.4, 0.5) is 27.7 Å². The molecule has 1 aliphatic heterocycles. The molecule has 0 radical (unpaired) electrons. The van der Waals surface area contributed by atoms with Crippen LogP contribution in [0.25, 0.3) is 0 Å². The van der Waals surface area contributed by atoms with E-state index in [1.54, 1.807) is 0 Å². The molecule has 3 aliphatic rings. The van der Waals surface area contributed by atoms with E-state index in [1.165, 1.54) is 31.2 Å². The number of hydrogen-bond acceptors (Lipinski definition) is 7. The Morgan fingerprint density at radius 1 is 1.12 bits per heavy atom. The zero-order chi connectivity index (χ0) is 23.1. The Morgan fingerprint density at radius 3 is 2.82 bits per heavy atom. The lowest BCUT2D eigenvalue weighted by atomic mass is 9.96. The van der Waals surface area contributed by atoms with Crippen LogP contribution in [0.3, 0.4) is 0 Å². The van der Waals surface area contributed by atoms with Crippen molar-refractivity contribution >= 4 is 29.2 Å². The van der Waals surface area contributed by atoms with Gasteiger partial charge in [-0.2, -0.15) is 14.5 Å². The molecule has 1 amide bonds. The lowest BCUT2D eigenvalue weighted by Gasteiger charge is -2.27. The summed E-state index contributed by atoms with van der Waals surface area (Å²) < 4.78 is 13.1. The highest BCUT2D eigenvalue weighted by Gasteiger charge is 2.34. The van der Waals surface area contributed by atoms with Crippen LogP contribution < -0.4 is 15.5 Å². The van der Waals surface area contributed by atoms with Gasteiger partial charge >= 0.3 is 0 Å². The number of H-pyrrole nitrogens is 1. The van der Waals surface area contributed by atoms with Gasteiger partial charge in [0.05, 0.1) is 17.6 Å². The Morgan fingerprint density at radius 2 is 2.00 bits per heavy atom. The molecule has 34 heavy (non-hydrogen) atoms. The van der Waals surface area contributed by atoms with Gasteiger partial charge in [0.15, 0.2) is 5.82 Å². The first-order chi connectivity index (χ1) is 16.6. The van der Waals surface area contributed by atoms with E-state index in [-0.39, 0.29) is 5.91 Å². The average molecular weight is 463 g/mol. The second-order valence-corrected chi connectivity index (χ2v) is 9.32. The van der Waals surface area contributed by atoms with Crippen LogP contribution in [0.15, 0.2) is 24.4 Å². The molecule has 3 aromatic heterocycles. The fourth-order valence-electron chi connectivity index (χ4n) is 4.89. The summed E-state index contributed by atoms with van der Waals surface area (Å²) >= 11 is 0. The predicted octanol–water partition coefficient (Wildman–Crippen LogP) is 3.84. The molecule has 3 N–H and O–H groups in total. The molecule has 6 rings (SSSR count). The van der Waals surface area contributed by atoms with Crippen LogP contribution in [-0.2, 0) is 17.6 Å². The number of carbonyl (C=O) groups is 1. The number of pyridine rings is 1. The van der Waals surface area contributed by atoms with E-state index in [4.69, 9.17) is 9.97 Å². The van der Waals surface area contributed by atoms with Crippen LogP contribution in [0.2, 0.25) is 0 Å². The van der Waals surface area contributed by atoms with Gasteiger partial charge in [-0.05, 0) is 63.5 Å². The summed E-state index contributed by atoms with van der Waals surface area (Å²) in [5.41, 5.74) is 3.82. The summed E-state index contributed by atoms with van der Waals surface area (Å²) in [6.07, 6.45) is 9.35. The molecule has 0 unspecified atom stereocenters. The van der Waals surface area contributed by atoms with E-state index >= 15 is 0 Å². The van der Waals surface area contributed by atoms with Crippen LogP contribution >= 0.6 is 0 Å². The van der Waals surface area contributed by atoms with Gasteiger partial charge in [0.25, 0.3) is 0 Å². The Balaban J connectivity index is 1.27. The second kappa shape index (κ2) is 8.66. The smallest absolute Gasteiger partial charge is 0.247 e. The van der Waals surface area contributed by atoms with Crippen LogP contribution in [-0.4, -0.2) is 43.6 Å². The van der Waals surface area contributed by atoms with Crippen molar-refractivity contribution < 1.29 is 9.18 Å². The summed E-state index contributed by atoms with van der Waals surface area (Å²) in [4.78, 5) is 28.4. The minimum Gasteiger partial charge on any atom is -0.329 e. The van der Waals surface area contributed by atoms with Crippen molar-refractivity contribution in [3.8, 4) is 0 Å². The maximum atomic E-state index is 13.1. The number of aromatic amines is 1. The van der Waals surface area contributed by atoms with E-state index in [2.05, 4.69) is 31.9 Å². The van der Waals surface area contributed by atoms with Gasteiger partial charge in [-0.3, -0.25) is 9.89 Å². The third kappa shape index (κ3) is 4.20. The van der Waals surface area contributed by atoms with Crippen LogP contribution in [0, 0.1) is 5.95 Å². The van der Waals surface area contributed by atoms with Gasteiger partial charge in [0.1, 0.15) is 11.9 Å². The number of amides is 1. The molecule has 1 saturated carbocycles. The van der Waals surface area contributed by atoms with Crippen molar-refractivity contribution in [2.24, 2.45) is 0 Å². The topological polar surface area (TPSA) is 112 Å². The number of fused-ring (bicyclic) bond motifs is 1. The fraction of sp³-hybridized carbons (Fsp3) is 0.458. The number of nitrogens with one attached hydrogen (secondary N) is 3. The van der Waals surface area contributed by atoms with Crippen molar-refractivity contribution in [1.82, 2.24) is 25.1 Å². The van der Waals surface area contributed by atoms with Crippen molar-refractivity contribution in [2.45, 2.75) is 63.3 Å². The molecule has 1 atom stereocenters. The monoisotopic (exact) mass is 462 g/mol. The number of aromatic nitrogens is 5. The lowest BCUT2D eigenvalue weighted by Crippen LogP contribution is -2.41. The highest BCUT2D eigenvalue weighted by molar-refractivity contribution is 5.96. The minimum absolute atomic E-state index is 0.164.